The molecule has 0 spiro atoms. The minimum absolute atomic E-state index is 0.0378. The summed E-state index contributed by atoms with van der Waals surface area (Å²) in [5, 5.41) is 3.87. The molecular formula is C15H22Cl2N2O. The van der Waals surface area contributed by atoms with Gasteiger partial charge in [-0.3, -0.25) is 4.79 Å². The maximum absolute atomic E-state index is 12.3. The Labute approximate surface area is 130 Å². The lowest BCUT2D eigenvalue weighted by Crippen LogP contribution is -2.32. The Morgan fingerprint density at radius 1 is 1.30 bits per heavy atom. The molecule has 0 radical (unpaired) electrons. The second-order valence-corrected chi connectivity index (χ2v) is 7.08. The molecule has 5 heteroatoms. The Hall–Kier alpha value is -0.770. The van der Waals surface area contributed by atoms with E-state index in [1.807, 2.05) is 6.92 Å². The fraction of sp³-hybridized carbons (Fsp3) is 0.533. The fourth-order valence-corrected chi connectivity index (χ4v) is 2.43. The van der Waals surface area contributed by atoms with Gasteiger partial charge in [-0.1, -0.05) is 44.0 Å². The maximum Gasteiger partial charge on any atom is 0.228 e. The number of benzene rings is 1. The molecular weight excluding hydrogens is 295 g/mol. The molecule has 1 amide bonds. The van der Waals surface area contributed by atoms with E-state index >= 15 is 0 Å². The molecule has 1 unspecified atom stereocenters. The highest BCUT2D eigenvalue weighted by Crippen LogP contribution is 2.30. The van der Waals surface area contributed by atoms with E-state index in [0.29, 0.717) is 28.7 Å². The molecule has 0 heterocycles. The molecule has 1 aromatic rings. The quantitative estimate of drug-likeness (QED) is 0.872. The number of amides is 1. The van der Waals surface area contributed by atoms with Crippen LogP contribution in [-0.2, 0) is 4.79 Å². The van der Waals surface area contributed by atoms with Crippen molar-refractivity contribution in [2.45, 2.75) is 34.1 Å². The Kier molecular flexibility index (Phi) is 5.87. The van der Waals surface area contributed by atoms with Crippen molar-refractivity contribution in [1.82, 2.24) is 0 Å². The minimum Gasteiger partial charge on any atom is -0.330 e. The predicted molar refractivity (Wildman–Crippen MR) is 86.4 cm³/mol. The van der Waals surface area contributed by atoms with Gasteiger partial charge in [-0.2, -0.15) is 0 Å². The van der Waals surface area contributed by atoms with Crippen molar-refractivity contribution in [2.24, 2.45) is 17.1 Å². The first kappa shape index (κ1) is 17.3. The molecule has 0 aliphatic carbocycles. The van der Waals surface area contributed by atoms with Gasteiger partial charge in [-0.05, 0) is 36.5 Å². The van der Waals surface area contributed by atoms with Crippen LogP contribution in [0.3, 0.4) is 0 Å². The monoisotopic (exact) mass is 316 g/mol. The number of nitrogens with two attached hydrogens (primary N) is 1. The van der Waals surface area contributed by atoms with E-state index in [-0.39, 0.29) is 17.2 Å². The van der Waals surface area contributed by atoms with Gasteiger partial charge in [0.05, 0.1) is 16.6 Å². The van der Waals surface area contributed by atoms with Crippen LogP contribution in [0.25, 0.3) is 0 Å². The molecule has 0 aliphatic rings. The van der Waals surface area contributed by atoms with Crippen molar-refractivity contribution < 1.29 is 4.79 Å². The number of hydrogen-bond acceptors (Lipinski definition) is 2. The van der Waals surface area contributed by atoms with Gasteiger partial charge in [-0.25, -0.2) is 0 Å². The average Bonchev–Trinajstić information content (AvgIpc) is 2.31. The van der Waals surface area contributed by atoms with Crippen molar-refractivity contribution in [3.05, 3.63) is 27.7 Å². The first-order valence-electron chi connectivity index (χ1n) is 6.60. The third kappa shape index (κ3) is 4.97. The van der Waals surface area contributed by atoms with Gasteiger partial charge < -0.3 is 11.1 Å². The van der Waals surface area contributed by atoms with Gasteiger partial charge in [0, 0.05) is 11.6 Å². The summed E-state index contributed by atoms with van der Waals surface area (Å²) in [7, 11) is 0. The standard InChI is InChI=1S/C15H22Cl2N2O/c1-9-5-12(17)13(6-11(9)16)19-14(20)10(8-18)7-15(2,3)4/h5-6,10H,7-8,18H2,1-4H3,(H,19,20). The molecule has 1 aromatic carbocycles. The van der Waals surface area contributed by atoms with E-state index in [9.17, 15) is 4.79 Å². The smallest absolute Gasteiger partial charge is 0.228 e. The number of hydrogen-bond donors (Lipinski definition) is 2. The van der Waals surface area contributed by atoms with Crippen LogP contribution in [0.1, 0.15) is 32.8 Å². The van der Waals surface area contributed by atoms with Crippen LogP contribution in [0.4, 0.5) is 5.69 Å². The van der Waals surface area contributed by atoms with E-state index in [1.54, 1.807) is 12.1 Å². The Morgan fingerprint density at radius 2 is 1.90 bits per heavy atom. The van der Waals surface area contributed by atoms with Crippen LogP contribution in [0.15, 0.2) is 12.1 Å². The van der Waals surface area contributed by atoms with E-state index < -0.39 is 0 Å². The molecule has 0 saturated carbocycles. The predicted octanol–water partition coefficient (Wildman–Crippen LogP) is 4.25. The number of aryl methyl sites for hydroxylation is 1. The number of carbonyl (C=O) groups is 1. The van der Waals surface area contributed by atoms with Crippen LogP contribution in [-0.4, -0.2) is 12.5 Å². The minimum atomic E-state index is -0.244. The lowest BCUT2D eigenvalue weighted by molar-refractivity contribution is -0.120. The second-order valence-electron chi connectivity index (χ2n) is 6.27. The number of rotatable bonds is 4. The topological polar surface area (TPSA) is 55.1 Å². The first-order chi connectivity index (χ1) is 9.14. The van der Waals surface area contributed by atoms with Gasteiger partial charge in [0.15, 0.2) is 0 Å². The highest BCUT2D eigenvalue weighted by Gasteiger charge is 2.24. The zero-order valence-electron chi connectivity index (χ0n) is 12.4. The third-order valence-electron chi connectivity index (χ3n) is 3.02. The van der Waals surface area contributed by atoms with Crippen LogP contribution in [0.5, 0.6) is 0 Å². The van der Waals surface area contributed by atoms with Crippen molar-refractivity contribution in [1.29, 1.82) is 0 Å². The second kappa shape index (κ2) is 6.79. The van der Waals surface area contributed by atoms with E-state index in [0.717, 1.165) is 5.56 Å². The van der Waals surface area contributed by atoms with E-state index in [1.165, 1.54) is 0 Å². The number of carbonyl (C=O) groups excluding carboxylic acids is 1. The molecule has 20 heavy (non-hydrogen) atoms. The summed E-state index contributed by atoms with van der Waals surface area (Å²) in [5.74, 6) is -0.365. The first-order valence-corrected chi connectivity index (χ1v) is 7.36. The summed E-state index contributed by atoms with van der Waals surface area (Å²) in [6.45, 7) is 8.42. The summed E-state index contributed by atoms with van der Waals surface area (Å²) >= 11 is 12.2. The molecule has 3 N–H and O–H groups in total. The van der Waals surface area contributed by atoms with Crippen molar-refractivity contribution in [3.63, 3.8) is 0 Å². The zero-order valence-corrected chi connectivity index (χ0v) is 13.9. The van der Waals surface area contributed by atoms with Crippen LogP contribution in [0, 0.1) is 18.3 Å². The highest BCUT2D eigenvalue weighted by molar-refractivity contribution is 6.36. The summed E-state index contributed by atoms with van der Waals surface area (Å²) in [4.78, 5) is 12.3. The maximum atomic E-state index is 12.3. The largest absolute Gasteiger partial charge is 0.330 e. The summed E-state index contributed by atoms with van der Waals surface area (Å²) in [5.41, 5.74) is 7.15. The lowest BCUT2D eigenvalue weighted by atomic mass is 9.84. The molecule has 112 valence electrons. The average molecular weight is 317 g/mol. The Bertz CT molecular complexity index is 495. The van der Waals surface area contributed by atoms with Crippen molar-refractivity contribution >= 4 is 34.8 Å². The van der Waals surface area contributed by atoms with E-state index in [4.69, 9.17) is 28.9 Å². The molecule has 0 aromatic heterocycles. The number of anilines is 1. The number of halogens is 2. The SMILES string of the molecule is Cc1cc(Cl)c(NC(=O)C(CN)CC(C)(C)C)cc1Cl. The fourth-order valence-electron chi connectivity index (χ4n) is 2.00. The van der Waals surface area contributed by atoms with Crippen LogP contribution < -0.4 is 11.1 Å². The molecule has 3 nitrogen and oxygen atoms in total. The molecule has 0 fully saturated rings. The summed E-state index contributed by atoms with van der Waals surface area (Å²) < 4.78 is 0. The van der Waals surface area contributed by atoms with Gasteiger partial charge in [0.1, 0.15) is 0 Å². The highest BCUT2D eigenvalue weighted by atomic mass is 35.5. The van der Waals surface area contributed by atoms with Gasteiger partial charge in [-0.15, -0.1) is 0 Å². The molecule has 0 saturated heterocycles. The van der Waals surface area contributed by atoms with Crippen molar-refractivity contribution in [2.75, 3.05) is 11.9 Å². The van der Waals surface area contributed by atoms with Gasteiger partial charge in [0.25, 0.3) is 0 Å². The summed E-state index contributed by atoms with van der Waals surface area (Å²) in [6.07, 6.45) is 0.715. The van der Waals surface area contributed by atoms with Crippen LogP contribution >= 0.6 is 23.2 Å². The lowest BCUT2D eigenvalue weighted by Gasteiger charge is -2.24. The van der Waals surface area contributed by atoms with Gasteiger partial charge >= 0.3 is 0 Å². The normalized spacial score (nSPS) is 13.2. The Morgan fingerprint density at radius 3 is 2.40 bits per heavy atom. The molecule has 1 atom stereocenters. The van der Waals surface area contributed by atoms with Gasteiger partial charge in [0.2, 0.25) is 5.91 Å². The van der Waals surface area contributed by atoms with E-state index in [2.05, 4.69) is 26.1 Å². The Balaban J connectivity index is 2.86. The molecule has 0 aliphatic heterocycles. The number of nitrogens with one attached hydrogen (secondary N) is 1. The zero-order chi connectivity index (χ0) is 15.5. The summed E-state index contributed by atoms with van der Waals surface area (Å²) in [6, 6.07) is 3.41. The molecule has 1 rings (SSSR count). The molecule has 0 bridgehead atoms. The third-order valence-corrected chi connectivity index (χ3v) is 3.74. The van der Waals surface area contributed by atoms with Crippen LogP contribution in [0.2, 0.25) is 10.0 Å². The van der Waals surface area contributed by atoms with Crippen molar-refractivity contribution in [3.8, 4) is 0 Å².